The third-order valence-corrected chi connectivity index (χ3v) is 3.56. The maximum absolute atomic E-state index is 5.65. The zero-order valence-electron chi connectivity index (χ0n) is 13.7. The van der Waals surface area contributed by atoms with Crippen LogP contribution in [0, 0.1) is 12.8 Å². The molecular weight excluding hydrogens is 264 g/mol. The van der Waals surface area contributed by atoms with E-state index in [0.29, 0.717) is 17.7 Å². The molecule has 0 aliphatic carbocycles. The van der Waals surface area contributed by atoms with Crippen molar-refractivity contribution in [3.05, 3.63) is 11.8 Å². The van der Waals surface area contributed by atoms with Gasteiger partial charge in [-0.05, 0) is 52.6 Å². The van der Waals surface area contributed by atoms with E-state index in [2.05, 4.69) is 27.1 Å². The Kier molecular flexibility index (Phi) is 5.79. The third-order valence-electron chi connectivity index (χ3n) is 3.56. The van der Waals surface area contributed by atoms with Gasteiger partial charge in [0.05, 0.1) is 6.10 Å². The van der Waals surface area contributed by atoms with Crippen LogP contribution in [0.3, 0.4) is 0 Å². The summed E-state index contributed by atoms with van der Waals surface area (Å²) in [7, 11) is 0. The third kappa shape index (κ3) is 5.50. The van der Waals surface area contributed by atoms with Gasteiger partial charge in [0, 0.05) is 24.8 Å². The van der Waals surface area contributed by atoms with Gasteiger partial charge >= 0.3 is 0 Å². The highest BCUT2D eigenvalue weighted by molar-refractivity contribution is 5.30. The van der Waals surface area contributed by atoms with Gasteiger partial charge in [0.15, 0.2) is 0 Å². The largest absolute Gasteiger partial charge is 0.475 e. The van der Waals surface area contributed by atoms with Crippen molar-refractivity contribution >= 4 is 5.95 Å². The molecule has 0 radical (unpaired) electrons. The number of nitrogens with one attached hydrogen (secondary N) is 1. The van der Waals surface area contributed by atoms with Crippen molar-refractivity contribution in [2.24, 2.45) is 5.92 Å². The molecule has 1 aromatic rings. The predicted molar refractivity (Wildman–Crippen MR) is 85.9 cm³/mol. The molecule has 1 saturated heterocycles. The summed E-state index contributed by atoms with van der Waals surface area (Å²) in [6, 6.07) is 1.87. The molecule has 0 aromatic carbocycles. The van der Waals surface area contributed by atoms with Crippen LogP contribution >= 0.6 is 0 Å². The highest BCUT2D eigenvalue weighted by atomic mass is 16.5. The van der Waals surface area contributed by atoms with E-state index in [1.165, 1.54) is 25.9 Å². The molecule has 0 amide bonds. The van der Waals surface area contributed by atoms with Crippen molar-refractivity contribution in [3.63, 3.8) is 0 Å². The van der Waals surface area contributed by atoms with Gasteiger partial charge in [0.2, 0.25) is 11.8 Å². The highest BCUT2D eigenvalue weighted by Gasteiger charge is 2.15. The average Bonchev–Trinajstić information content (AvgIpc) is 2.87. The minimum absolute atomic E-state index is 0.126. The van der Waals surface area contributed by atoms with Gasteiger partial charge in [-0.15, -0.1) is 0 Å². The van der Waals surface area contributed by atoms with Crippen molar-refractivity contribution in [2.75, 3.05) is 31.5 Å². The Morgan fingerprint density at radius 1 is 1.24 bits per heavy atom. The predicted octanol–water partition coefficient (Wildman–Crippen LogP) is 2.72. The van der Waals surface area contributed by atoms with E-state index in [-0.39, 0.29) is 6.10 Å². The summed E-state index contributed by atoms with van der Waals surface area (Å²) in [5.41, 5.74) is 0.926. The molecule has 1 aliphatic rings. The van der Waals surface area contributed by atoms with Crippen molar-refractivity contribution in [1.29, 1.82) is 0 Å². The number of likely N-dealkylation sites (tertiary alicyclic amines) is 1. The number of rotatable bonds is 7. The van der Waals surface area contributed by atoms with Crippen LogP contribution in [-0.2, 0) is 0 Å². The van der Waals surface area contributed by atoms with Crippen molar-refractivity contribution in [2.45, 2.75) is 46.6 Å². The molecule has 2 rings (SSSR count). The lowest BCUT2D eigenvalue weighted by Gasteiger charge is -2.20. The van der Waals surface area contributed by atoms with E-state index >= 15 is 0 Å². The lowest BCUT2D eigenvalue weighted by molar-refractivity contribution is 0.232. The lowest BCUT2D eigenvalue weighted by atomic mass is 10.1. The maximum Gasteiger partial charge on any atom is 0.226 e. The molecular formula is C16H28N4O. The molecule has 118 valence electrons. The molecule has 5 nitrogen and oxygen atoms in total. The van der Waals surface area contributed by atoms with E-state index in [0.717, 1.165) is 18.8 Å². The summed E-state index contributed by atoms with van der Waals surface area (Å²) in [5.74, 6) is 1.90. The molecule has 1 fully saturated rings. The Bertz CT molecular complexity index is 444. The molecule has 1 aliphatic heterocycles. The Morgan fingerprint density at radius 3 is 2.62 bits per heavy atom. The quantitative estimate of drug-likeness (QED) is 0.837. The van der Waals surface area contributed by atoms with Gasteiger partial charge < -0.3 is 15.0 Å². The Hall–Kier alpha value is -1.36. The van der Waals surface area contributed by atoms with Crippen molar-refractivity contribution < 1.29 is 4.74 Å². The van der Waals surface area contributed by atoms with E-state index in [1.807, 2.05) is 26.8 Å². The fraction of sp³-hybridized carbons (Fsp3) is 0.750. The standard InChI is InChI=1S/C16H28N4O/c1-12(2)21-15-9-14(4)18-16(19-15)17-10-13(3)11-20-7-5-6-8-20/h9,12-13H,5-8,10-11H2,1-4H3,(H,17,18,19). The molecule has 1 unspecified atom stereocenters. The summed E-state index contributed by atoms with van der Waals surface area (Å²) in [4.78, 5) is 11.4. The summed E-state index contributed by atoms with van der Waals surface area (Å²) in [6.45, 7) is 12.8. The average molecular weight is 292 g/mol. The number of aryl methyl sites for hydroxylation is 1. The van der Waals surface area contributed by atoms with Crippen LogP contribution in [0.15, 0.2) is 6.07 Å². The van der Waals surface area contributed by atoms with E-state index in [1.54, 1.807) is 0 Å². The fourth-order valence-electron chi connectivity index (χ4n) is 2.66. The Labute approximate surface area is 128 Å². The smallest absolute Gasteiger partial charge is 0.226 e. The number of nitrogens with zero attached hydrogens (tertiary/aromatic N) is 3. The second kappa shape index (κ2) is 7.59. The summed E-state index contributed by atoms with van der Waals surface area (Å²) in [5, 5.41) is 3.34. The number of hydrogen-bond donors (Lipinski definition) is 1. The molecule has 1 aromatic heterocycles. The van der Waals surface area contributed by atoms with Crippen LogP contribution in [0.25, 0.3) is 0 Å². The van der Waals surface area contributed by atoms with Crippen LogP contribution in [-0.4, -0.2) is 47.2 Å². The van der Waals surface area contributed by atoms with Crippen LogP contribution in [0.2, 0.25) is 0 Å². The van der Waals surface area contributed by atoms with Gasteiger partial charge in [-0.25, -0.2) is 4.98 Å². The highest BCUT2D eigenvalue weighted by Crippen LogP contribution is 2.15. The minimum atomic E-state index is 0.126. The van der Waals surface area contributed by atoms with Gasteiger partial charge in [0.1, 0.15) is 0 Å². The first kappa shape index (κ1) is 16.0. The van der Waals surface area contributed by atoms with Crippen molar-refractivity contribution in [3.8, 4) is 5.88 Å². The molecule has 1 N–H and O–H groups in total. The Balaban J connectivity index is 1.85. The molecule has 5 heteroatoms. The topological polar surface area (TPSA) is 50.3 Å². The second-order valence-corrected chi connectivity index (χ2v) is 6.33. The van der Waals surface area contributed by atoms with E-state index in [4.69, 9.17) is 4.74 Å². The molecule has 1 atom stereocenters. The van der Waals surface area contributed by atoms with E-state index < -0.39 is 0 Å². The lowest BCUT2D eigenvalue weighted by Crippen LogP contribution is -2.29. The number of ether oxygens (including phenoxy) is 1. The van der Waals surface area contributed by atoms with Crippen LogP contribution in [0.5, 0.6) is 5.88 Å². The second-order valence-electron chi connectivity index (χ2n) is 6.33. The van der Waals surface area contributed by atoms with E-state index in [9.17, 15) is 0 Å². The summed E-state index contributed by atoms with van der Waals surface area (Å²) in [6.07, 6.45) is 2.81. The van der Waals surface area contributed by atoms with Crippen LogP contribution in [0.1, 0.15) is 39.3 Å². The summed E-state index contributed by atoms with van der Waals surface area (Å²) >= 11 is 0. The monoisotopic (exact) mass is 292 g/mol. The first-order valence-corrected chi connectivity index (χ1v) is 8.01. The van der Waals surface area contributed by atoms with Gasteiger partial charge in [-0.1, -0.05) is 6.92 Å². The molecule has 0 saturated carbocycles. The minimum Gasteiger partial charge on any atom is -0.475 e. The maximum atomic E-state index is 5.65. The van der Waals surface area contributed by atoms with Gasteiger partial charge in [-0.2, -0.15) is 4.98 Å². The van der Waals surface area contributed by atoms with Crippen LogP contribution in [0.4, 0.5) is 5.95 Å². The van der Waals surface area contributed by atoms with Crippen molar-refractivity contribution in [1.82, 2.24) is 14.9 Å². The Morgan fingerprint density at radius 2 is 1.95 bits per heavy atom. The van der Waals surface area contributed by atoms with Crippen LogP contribution < -0.4 is 10.1 Å². The number of hydrogen-bond acceptors (Lipinski definition) is 5. The zero-order valence-corrected chi connectivity index (χ0v) is 13.7. The normalized spacial score (nSPS) is 17.2. The first-order valence-electron chi connectivity index (χ1n) is 8.01. The summed E-state index contributed by atoms with van der Waals surface area (Å²) < 4.78 is 5.65. The first-order chi connectivity index (χ1) is 10.0. The number of aromatic nitrogens is 2. The molecule has 0 spiro atoms. The van der Waals surface area contributed by atoms with Gasteiger partial charge in [-0.3, -0.25) is 0 Å². The molecule has 21 heavy (non-hydrogen) atoms. The molecule has 2 heterocycles. The molecule has 0 bridgehead atoms. The SMILES string of the molecule is Cc1cc(OC(C)C)nc(NCC(C)CN2CCCC2)n1. The van der Waals surface area contributed by atoms with Gasteiger partial charge in [0.25, 0.3) is 0 Å². The fourth-order valence-corrected chi connectivity index (χ4v) is 2.66. The zero-order chi connectivity index (χ0) is 15.2. The number of anilines is 1.